The summed E-state index contributed by atoms with van der Waals surface area (Å²) in [5.41, 5.74) is 0.355. The number of hydrogen-bond acceptors (Lipinski definition) is 3. The Balaban J connectivity index is 2.55. The maximum absolute atomic E-state index is 12.7. The third-order valence-corrected chi connectivity index (χ3v) is 3.19. The average molecular weight is 297 g/mol. The molecule has 0 fully saturated rings. The molecular weight excluding hydrogens is 287 g/mol. The molecule has 0 amide bonds. The normalized spacial score (nSPS) is 12.0. The summed E-state index contributed by atoms with van der Waals surface area (Å²) in [6.07, 6.45) is -1.71. The summed E-state index contributed by atoms with van der Waals surface area (Å²) in [5, 5.41) is 3.48. The Morgan fingerprint density at radius 2 is 2.05 bits per heavy atom. The Morgan fingerprint density at radius 1 is 1.30 bits per heavy atom. The second kappa shape index (κ2) is 5.58. The fourth-order valence-corrected chi connectivity index (χ4v) is 2.24. The van der Waals surface area contributed by atoms with Gasteiger partial charge in [0, 0.05) is 16.5 Å². The predicted molar refractivity (Wildman–Crippen MR) is 72.3 cm³/mol. The number of pyridine rings is 1. The van der Waals surface area contributed by atoms with Gasteiger partial charge in [-0.15, -0.1) is 0 Å². The Labute approximate surface area is 117 Å². The van der Waals surface area contributed by atoms with Crippen LogP contribution in [0.2, 0.25) is 0 Å². The molecule has 0 saturated carbocycles. The minimum atomic E-state index is -4.49. The highest BCUT2D eigenvalue weighted by Crippen LogP contribution is 2.32. The van der Waals surface area contributed by atoms with Crippen LogP contribution in [0.15, 0.2) is 35.0 Å². The van der Waals surface area contributed by atoms with E-state index in [-0.39, 0.29) is 11.5 Å². The van der Waals surface area contributed by atoms with Gasteiger partial charge in [-0.05, 0) is 36.6 Å². The number of nitrogens with zero attached hydrogens (tertiary/aromatic N) is 1. The molecule has 20 heavy (non-hydrogen) atoms. The summed E-state index contributed by atoms with van der Waals surface area (Å²) in [4.78, 5) is 14.6. The van der Waals surface area contributed by atoms with Crippen molar-refractivity contribution >= 4 is 23.2 Å². The summed E-state index contributed by atoms with van der Waals surface area (Å²) in [7, 11) is 0. The van der Waals surface area contributed by atoms with Gasteiger partial charge in [-0.3, -0.25) is 4.79 Å². The van der Waals surface area contributed by atoms with Gasteiger partial charge >= 0.3 is 6.18 Å². The van der Waals surface area contributed by atoms with Crippen LogP contribution in [0.5, 0.6) is 0 Å². The van der Waals surface area contributed by atoms with E-state index in [0.29, 0.717) is 11.1 Å². The fraction of sp³-hybridized carbons (Fsp3) is 0.143. The lowest BCUT2D eigenvalue weighted by atomic mass is 10.1. The van der Waals surface area contributed by atoms with Gasteiger partial charge in [0.15, 0.2) is 5.78 Å². The van der Waals surface area contributed by atoms with Crippen molar-refractivity contribution in [2.24, 2.45) is 0 Å². The molecule has 0 spiro atoms. The molecule has 0 aliphatic heterocycles. The van der Waals surface area contributed by atoms with Gasteiger partial charge in [-0.2, -0.15) is 24.5 Å². The van der Waals surface area contributed by atoms with Gasteiger partial charge in [-0.25, -0.2) is 4.98 Å². The van der Waals surface area contributed by atoms with Crippen LogP contribution in [-0.4, -0.2) is 10.8 Å². The topological polar surface area (TPSA) is 30.0 Å². The van der Waals surface area contributed by atoms with E-state index in [1.165, 1.54) is 36.5 Å². The van der Waals surface area contributed by atoms with E-state index >= 15 is 0 Å². The van der Waals surface area contributed by atoms with Crippen molar-refractivity contribution in [2.75, 3.05) is 0 Å². The van der Waals surface area contributed by atoms with Crippen LogP contribution in [0, 0.1) is 0 Å². The van der Waals surface area contributed by atoms with Gasteiger partial charge in [0.2, 0.25) is 0 Å². The van der Waals surface area contributed by atoms with Crippen LogP contribution in [0.4, 0.5) is 13.2 Å². The lowest BCUT2D eigenvalue weighted by Crippen LogP contribution is -2.08. The minimum absolute atomic E-state index is 0.179. The van der Waals surface area contributed by atoms with Gasteiger partial charge in [0.05, 0.1) is 5.69 Å². The zero-order valence-corrected chi connectivity index (χ0v) is 11.3. The maximum Gasteiger partial charge on any atom is 0.433 e. The van der Waals surface area contributed by atoms with Gasteiger partial charge < -0.3 is 0 Å². The number of halogens is 3. The fourth-order valence-electron chi connectivity index (χ4n) is 1.60. The standard InChI is InChI=1S/C14H10F3NOS/c1-9(19)2-3-10-4-5-12(14(15,16)17)18-13(10)11-6-7-20-8-11/h2-8H,1H3/b3-2+. The van der Waals surface area contributed by atoms with Gasteiger partial charge in [-0.1, -0.05) is 6.07 Å². The largest absolute Gasteiger partial charge is 0.433 e. The van der Waals surface area contributed by atoms with Crippen molar-refractivity contribution in [3.8, 4) is 11.3 Å². The van der Waals surface area contributed by atoms with Crippen LogP contribution < -0.4 is 0 Å². The summed E-state index contributed by atoms with van der Waals surface area (Å²) >= 11 is 1.37. The molecule has 0 radical (unpaired) electrons. The molecule has 0 N–H and O–H groups in total. The molecule has 6 heteroatoms. The summed E-state index contributed by atoms with van der Waals surface area (Å²) in [6.45, 7) is 1.37. The summed E-state index contributed by atoms with van der Waals surface area (Å²) in [5.74, 6) is -0.179. The molecule has 0 bridgehead atoms. The van der Waals surface area contributed by atoms with Crippen molar-refractivity contribution in [1.82, 2.24) is 4.98 Å². The number of hydrogen-bond donors (Lipinski definition) is 0. The molecule has 2 aromatic rings. The summed E-state index contributed by atoms with van der Waals surface area (Å²) < 4.78 is 38.2. The maximum atomic E-state index is 12.7. The summed E-state index contributed by atoms with van der Waals surface area (Å²) in [6, 6.07) is 3.93. The van der Waals surface area contributed by atoms with Crippen molar-refractivity contribution in [2.45, 2.75) is 13.1 Å². The highest BCUT2D eigenvalue weighted by Gasteiger charge is 2.33. The van der Waals surface area contributed by atoms with Crippen molar-refractivity contribution < 1.29 is 18.0 Å². The van der Waals surface area contributed by atoms with Crippen LogP contribution >= 0.6 is 11.3 Å². The highest BCUT2D eigenvalue weighted by atomic mass is 32.1. The van der Waals surface area contributed by atoms with Crippen LogP contribution in [0.1, 0.15) is 18.2 Å². The van der Waals surface area contributed by atoms with E-state index in [1.807, 2.05) is 0 Å². The molecule has 2 nitrogen and oxygen atoms in total. The first-order valence-electron chi connectivity index (χ1n) is 5.67. The molecule has 0 saturated heterocycles. The zero-order valence-electron chi connectivity index (χ0n) is 10.4. The SMILES string of the molecule is CC(=O)/C=C/c1ccc(C(F)(F)F)nc1-c1ccsc1. The lowest BCUT2D eigenvalue weighted by Gasteiger charge is -2.09. The molecule has 2 rings (SSSR count). The van der Waals surface area contributed by atoms with E-state index in [0.717, 1.165) is 6.07 Å². The number of rotatable bonds is 3. The molecule has 2 heterocycles. The second-order valence-corrected chi connectivity index (χ2v) is 4.87. The van der Waals surface area contributed by atoms with Crippen LogP contribution in [0.3, 0.4) is 0 Å². The van der Waals surface area contributed by atoms with Crippen molar-refractivity contribution in [3.63, 3.8) is 0 Å². The Hall–Kier alpha value is -1.95. The Bertz CT molecular complexity index is 645. The van der Waals surface area contributed by atoms with Gasteiger partial charge in [0.1, 0.15) is 5.69 Å². The number of ketones is 1. The molecule has 0 aliphatic rings. The first-order valence-corrected chi connectivity index (χ1v) is 6.61. The van der Waals surface area contributed by atoms with E-state index in [9.17, 15) is 18.0 Å². The number of alkyl halides is 3. The molecule has 0 unspecified atom stereocenters. The predicted octanol–water partition coefficient (Wildman–Crippen LogP) is 4.43. The quantitative estimate of drug-likeness (QED) is 0.784. The van der Waals surface area contributed by atoms with E-state index in [1.54, 1.807) is 16.8 Å². The smallest absolute Gasteiger partial charge is 0.295 e. The average Bonchev–Trinajstić information content (AvgIpc) is 2.88. The lowest BCUT2D eigenvalue weighted by molar-refractivity contribution is -0.141. The third-order valence-electron chi connectivity index (χ3n) is 2.51. The second-order valence-electron chi connectivity index (χ2n) is 4.09. The molecule has 0 aliphatic carbocycles. The van der Waals surface area contributed by atoms with Crippen molar-refractivity contribution in [3.05, 3.63) is 46.3 Å². The first kappa shape index (κ1) is 14.5. The first-order chi connectivity index (χ1) is 9.38. The number of aromatic nitrogens is 1. The van der Waals surface area contributed by atoms with Gasteiger partial charge in [0.25, 0.3) is 0 Å². The Morgan fingerprint density at radius 3 is 2.60 bits per heavy atom. The van der Waals surface area contributed by atoms with Crippen LogP contribution in [-0.2, 0) is 11.0 Å². The van der Waals surface area contributed by atoms with E-state index < -0.39 is 11.9 Å². The molecule has 0 atom stereocenters. The number of thiophene rings is 1. The van der Waals surface area contributed by atoms with E-state index in [2.05, 4.69) is 4.98 Å². The van der Waals surface area contributed by atoms with Crippen molar-refractivity contribution in [1.29, 1.82) is 0 Å². The number of carbonyl (C=O) groups excluding carboxylic acids is 1. The third kappa shape index (κ3) is 3.33. The number of carbonyl (C=O) groups is 1. The zero-order chi connectivity index (χ0) is 14.8. The number of allylic oxidation sites excluding steroid dienone is 1. The van der Waals surface area contributed by atoms with Crippen LogP contribution in [0.25, 0.3) is 17.3 Å². The molecule has 0 aromatic carbocycles. The monoisotopic (exact) mass is 297 g/mol. The highest BCUT2D eigenvalue weighted by molar-refractivity contribution is 7.08. The van der Waals surface area contributed by atoms with E-state index in [4.69, 9.17) is 0 Å². The minimum Gasteiger partial charge on any atom is -0.295 e. The molecule has 104 valence electrons. The molecular formula is C14H10F3NOS. The Kier molecular flexibility index (Phi) is 4.04. The molecule has 2 aromatic heterocycles.